The lowest BCUT2D eigenvalue weighted by Gasteiger charge is -2.17. The van der Waals surface area contributed by atoms with Crippen LogP contribution in [-0.2, 0) is 6.42 Å². The van der Waals surface area contributed by atoms with Gasteiger partial charge in [-0.25, -0.2) is 15.0 Å². The van der Waals surface area contributed by atoms with Crippen molar-refractivity contribution in [2.24, 2.45) is 0 Å². The molecule has 0 N–H and O–H groups in total. The van der Waals surface area contributed by atoms with E-state index in [4.69, 9.17) is 0 Å². The molecule has 0 atom stereocenters. The smallest absolute Gasteiger partial charge is 0.256 e. The maximum absolute atomic E-state index is 13.2. The van der Waals surface area contributed by atoms with Crippen LogP contribution in [0.15, 0.2) is 33.8 Å². The molecular formula is C17H18N4OS2. The lowest BCUT2D eigenvalue weighted by atomic mass is 10.1. The summed E-state index contributed by atoms with van der Waals surface area (Å²) in [4.78, 5) is 26.5. The second-order valence-corrected chi connectivity index (χ2v) is 7.77. The van der Waals surface area contributed by atoms with Crippen LogP contribution in [0.25, 0.3) is 11.0 Å². The van der Waals surface area contributed by atoms with E-state index in [1.165, 1.54) is 24.6 Å². The molecule has 0 aromatic carbocycles. The van der Waals surface area contributed by atoms with E-state index in [0.29, 0.717) is 11.6 Å². The third-order valence-electron chi connectivity index (χ3n) is 4.52. The van der Waals surface area contributed by atoms with Crippen LogP contribution in [-0.4, -0.2) is 25.8 Å². The zero-order valence-electron chi connectivity index (χ0n) is 13.4. The van der Waals surface area contributed by atoms with Crippen molar-refractivity contribution in [2.75, 3.05) is 6.26 Å². The predicted octanol–water partition coefficient (Wildman–Crippen LogP) is 3.68. The van der Waals surface area contributed by atoms with Crippen LogP contribution in [0, 0.1) is 0 Å². The minimum absolute atomic E-state index is 0.0790. The van der Waals surface area contributed by atoms with Crippen LogP contribution in [0.3, 0.4) is 0 Å². The van der Waals surface area contributed by atoms with Crippen LogP contribution >= 0.6 is 23.1 Å². The van der Waals surface area contributed by atoms with Crippen LogP contribution in [0.4, 0.5) is 0 Å². The molecule has 5 nitrogen and oxygen atoms in total. The Hall–Kier alpha value is -1.73. The molecule has 0 radical (unpaired) electrons. The standard InChI is InChI=1S/C17H18N4OS2/c1-23-17-19-10-12-8-11(9-14-18-6-7-24-14)16(22)21(15(12)20-17)13-4-2-3-5-13/h6-8,10,13H,2-5,9H2,1H3. The van der Waals surface area contributed by atoms with Gasteiger partial charge in [-0.3, -0.25) is 9.36 Å². The molecule has 124 valence electrons. The topological polar surface area (TPSA) is 60.7 Å². The minimum Gasteiger partial charge on any atom is -0.289 e. The van der Waals surface area contributed by atoms with Crippen LogP contribution in [0.1, 0.15) is 42.3 Å². The lowest BCUT2D eigenvalue weighted by molar-refractivity contribution is 0.512. The van der Waals surface area contributed by atoms with E-state index in [9.17, 15) is 4.79 Å². The van der Waals surface area contributed by atoms with Gasteiger partial charge in [0.05, 0.1) is 5.01 Å². The summed E-state index contributed by atoms with van der Waals surface area (Å²) >= 11 is 3.08. The Morgan fingerprint density at radius 2 is 2.17 bits per heavy atom. The summed E-state index contributed by atoms with van der Waals surface area (Å²) in [5.74, 6) is 0. The average molecular weight is 358 g/mol. The Labute approximate surface area is 148 Å². The number of thiazole rings is 1. The van der Waals surface area contributed by atoms with Crippen LogP contribution in [0.5, 0.6) is 0 Å². The quantitative estimate of drug-likeness (QED) is 0.526. The first-order valence-electron chi connectivity index (χ1n) is 8.10. The van der Waals surface area contributed by atoms with Gasteiger partial charge in [-0.15, -0.1) is 11.3 Å². The van der Waals surface area contributed by atoms with Gasteiger partial charge in [0.2, 0.25) is 0 Å². The maximum atomic E-state index is 13.2. The van der Waals surface area contributed by atoms with Crippen LogP contribution < -0.4 is 5.56 Å². The van der Waals surface area contributed by atoms with E-state index in [-0.39, 0.29) is 11.6 Å². The number of fused-ring (bicyclic) bond motifs is 1. The molecule has 1 aliphatic rings. The summed E-state index contributed by atoms with van der Waals surface area (Å²) in [6.07, 6.45) is 10.6. The molecule has 3 heterocycles. The van der Waals surface area contributed by atoms with Gasteiger partial charge in [0, 0.05) is 41.2 Å². The second kappa shape index (κ2) is 6.64. The van der Waals surface area contributed by atoms with E-state index in [1.54, 1.807) is 17.5 Å². The molecule has 3 aromatic heterocycles. The fraction of sp³-hybridized carbons (Fsp3) is 0.412. The first-order chi connectivity index (χ1) is 11.8. The maximum Gasteiger partial charge on any atom is 0.256 e. The molecular weight excluding hydrogens is 340 g/mol. The van der Waals surface area contributed by atoms with Crippen molar-refractivity contribution >= 4 is 34.1 Å². The molecule has 7 heteroatoms. The normalized spacial score (nSPS) is 15.4. The SMILES string of the molecule is CSc1ncc2cc(Cc3nccs3)c(=O)n(C3CCCC3)c2n1. The highest BCUT2D eigenvalue weighted by atomic mass is 32.2. The molecule has 0 spiro atoms. The Bertz CT molecular complexity index is 914. The Balaban J connectivity index is 1.91. The van der Waals surface area contributed by atoms with E-state index in [1.807, 2.05) is 28.5 Å². The number of thioether (sulfide) groups is 1. The van der Waals surface area contributed by atoms with Gasteiger partial charge in [0.15, 0.2) is 5.16 Å². The highest BCUT2D eigenvalue weighted by molar-refractivity contribution is 7.98. The largest absolute Gasteiger partial charge is 0.289 e. The van der Waals surface area contributed by atoms with E-state index in [2.05, 4.69) is 15.0 Å². The lowest BCUT2D eigenvalue weighted by Crippen LogP contribution is -2.28. The molecule has 1 aliphatic carbocycles. The van der Waals surface area contributed by atoms with E-state index in [0.717, 1.165) is 34.4 Å². The molecule has 0 amide bonds. The molecule has 0 aliphatic heterocycles. The van der Waals surface area contributed by atoms with Crippen molar-refractivity contribution in [3.8, 4) is 0 Å². The number of hydrogen-bond acceptors (Lipinski definition) is 6. The summed E-state index contributed by atoms with van der Waals surface area (Å²) in [5.41, 5.74) is 1.63. The van der Waals surface area contributed by atoms with Crippen molar-refractivity contribution in [2.45, 2.75) is 43.3 Å². The molecule has 24 heavy (non-hydrogen) atoms. The number of pyridine rings is 1. The zero-order valence-corrected chi connectivity index (χ0v) is 15.1. The van der Waals surface area contributed by atoms with Gasteiger partial charge in [0.1, 0.15) is 5.65 Å². The molecule has 0 bridgehead atoms. The highest BCUT2D eigenvalue weighted by Crippen LogP contribution is 2.31. The summed E-state index contributed by atoms with van der Waals surface area (Å²) in [6, 6.07) is 2.19. The van der Waals surface area contributed by atoms with Crippen molar-refractivity contribution in [1.29, 1.82) is 0 Å². The second-order valence-electron chi connectivity index (χ2n) is 6.02. The van der Waals surface area contributed by atoms with Gasteiger partial charge >= 0.3 is 0 Å². The third-order valence-corrected chi connectivity index (χ3v) is 5.86. The molecule has 1 fully saturated rings. The van der Waals surface area contributed by atoms with Crippen molar-refractivity contribution in [3.63, 3.8) is 0 Å². The monoisotopic (exact) mass is 358 g/mol. The minimum atomic E-state index is 0.0790. The molecule has 4 rings (SSSR count). The Kier molecular flexibility index (Phi) is 4.37. The average Bonchev–Trinajstić information content (AvgIpc) is 3.29. The van der Waals surface area contributed by atoms with Gasteiger partial charge in [-0.2, -0.15) is 0 Å². The fourth-order valence-corrected chi connectivity index (χ4v) is 4.37. The Morgan fingerprint density at radius 1 is 1.33 bits per heavy atom. The predicted molar refractivity (Wildman–Crippen MR) is 98.0 cm³/mol. The van der Waals surface area contributed by atoms with E-state index >= 15 is 0 Å². The zero-order chi connectivity index (χ0) is 16.5. The summed E-state index contributed by atoms with van der Waals surface area (Å²) < 4.78 is 1.92. The third kappa shape index (κ3) is 2.86. The highest BCUT2D eigenvalue weighted by Gasteiger charge is 2.23. The number of rotatable bonds is 4. The number of hydrogen-bond donors (Lipinski definition) is 0. The first-order valence-corrected chi connectivity index (χ1v) is 10.2. The summed E-state index contributed by atoms with van der Waals surface area (Å²) in [6.45, 7) is 0. The van der Waals surface area contributed by atoms with Gasteiger partial charge in [-0.1, -0.05) is 24.6 Å². The van der Waals surface area contributed by atoms with Crippen molar-refractivity contribution < 1.29 is 0 Å². The fourth-order valence-electron chi connectivity index (χ4n) is 3.39. The molecule has 3 aromatic rings. The summed E-state index contributed by atoms with van der Waals surface area (Å²) in [7, 11) is 0. The van der Waals surface area contributed by atoms with Crippen LogP contribution in [0.2, 0.25) is 0 Å². The van der Waals surface area contributed by atoms with Gasteiger partial charge in [0.25, 0.3) is 5.56 Å². The number of nitrogens with zero attached hydrogens (tertiary/aromatic N) is 4. The van der Waals surface area contributed by atoms with Gasteiger partial charge < -0.3 is 0 Å². The molecule has 0 unspecified atom stereocenters. The van der Waals surface area contributed by atoms with Crippen molar-refractivity contribution in [1.82, 2.24) is 19.5 Å². The number of aromatic nitrogens is 4. The molecule has 1 saturated carbocycles. The van der Waals surface area contributed by atoms with Crippen molar-refractivity contribution in [3.05, 3.63) is 44.8 Å². The van der Waals surface area contributed by atoms with E-state index < -0.39 is 0 Å². The van der Waals surface area contributed by atoms with Gasteiger partial charge in [-0.05, 0) is 25.2 Å². The molecule has 0 saturated heterocycles. The first kappa shape index (κ1) is 15.8. The Morgan fingerprint density at radius 3 is 2.88 bits per heavy atom. The summed E-state index contributed by atoms with van der Waals surface area (Å²) in [5, 5.41) is 4.55.